The van der Waals surface area contributed by atoms with Gasteiger partial charge in [-0.25, -0.2) is 9.97 Å². The summed E-state index contributed by atoms with van der Waals surface area (Å²) >= 11 is 1.40. The van der Waals surface area contributed by atoms with Crippen molar-refractivity contribution in [2.45, 2.75) is 48.7 Å². The number of cyclic esters (lactones) is 1. The average Bonchev–Trinajstić information content (AvgIpc) is 3.25. The van der Waals surface area contributed by atoms with E-state index in [-0.39, 0.29) is 17.3 Å². The van der Waals surface area contributed by atoms with Crippen LogP contribution in [0.25, 0.3) is 10.9 Å². The van der Waals surface area contributed by atoms with E-state index >= 15 is 0 Å². The number of thioether (sulfide) groups is 1. The van der Waals surface area contributed by atoms with Crippen molar-refractivity contribution >= 4 is 34.5 Å². The number of hydrogen-bond acceptors (Lipinski definition) is 6. The van der Waals surface area contributed by atoms with Gasteiger partial charge >= 0.3 is 5.97 Å². The van der Waals surface area contributed by atoms with Gasteiger partial charge < -0.3 is 10.1 Å². The Morgan fingerprint density at radius 2 is 2.09 bits per heavy atom. The number of esters is 1. The molecule has 1 saturated carbocycles. The van der Waals surface area contributed by atoms with E-state index in [1.54, 1.807) is 0 Å². The summed E-state index contributed by atoms with van der Waals surface area (Å²) in [4.78, 5) is 21.0. The number of carbonyl (C=O) groups excluding carboxylic acids is 1. The Balaban J connectivity index is 1.66. The molecule has 6 heteroatoms. The van der Waals surface area contributed by atoms with Gasteiger partial charge in [-0.2, -0.15) is 0 Å². The molecule has 2 heterocycles. The summed E-state index contributed by atoms with van der Waals surface area (Å²) in [5, 5.41) is 4.93. The fourth-order valence-electron chi connectivity index (χ4n) is 2.58. The van der Waals surface area contributed by atoms with Crippen LogP contribution in [0.15, 0.2) is 29.4 Å². The van der Waals surface area contributed by atoms with Crippen molar-refractivity contribution in [1.29, 1.82) is 0 Å². The van der Waals surface area contributed by atoms with Gasteiger partial charge in [-0.1, -0.05) is 23.9 Å². The number of ether oxygens (including phenoxy) is 1. The highest BCUT2D eigenvalue weighted by molar-refractivity contribution is 8.00. The highest BCUT2D eigenvalue weighted by Gasteiger charge is 2.33. The first-order chi connectivity index (χ1) is 10.7. The SMILES string of the molecule is C[C@H]1C[C@@H](Sc2nc(NC3CC3)c3ccccc3n2)C(=O)O1. The molecule has 5 nitrogen and oxygen atoms in total. The summed E-state index contributed by atoms with van der Waals surface area (Å²) in [5.74, 6) is 0.709. The third-order valence-electron chi connectivity index (χ3n) is 3.87. The smallest absolute Gasteiger partial charge is 0.319 e. The second-order valence-corrected chi connectivity index (χ2v) is 7.05. The van der Waals surface area contributed by atoms with Gasteiger partial charge in [-0.05, 0) is 31.9 Å². The van der Waals surface area contributed by atoms with Gasteiger partial charge in [0.15, 0.2) is 5.16 Å². The number of fused-ring (bicyclic) bond motifs is 1. The molecule has 2 aliphatic rings. The Kier molecular flexibility index (Phi) is 3.41. The summed E-state index contributed by atoms with van der Waals surface area (Å²) in [6, 6.07) is 8.49. The second-order valence-electron chi connectivity index (χ2n) is 5.88. The summed E-state index contributed by atoms with van der Waals surface area (Å²) in [5.41, 5.74) is 0.905. The van der Waals surface area contributed by atoms with E-state index in [4.69, 9.17) is 4.74 Å². The van der Waals surface area contributed by atoms with E-state index in [1.165, 1.54) is 24.6 Å². The number of para-hydroxylation sites is 1. The van der Waals surface area contributed by atoms with E-state index in [1.807, 2.05) is 31.2 Å². The lowest BCUT2D eigenvalue weighted by molar-refractivity contribution is -0.140. The van der Waals surface area contributed by atoms with Crippen LogP contribution >= 0.6 is 11.8 Å². The van der Waals surface area contributed by atoms with E-state index < -0.39 is 0 Å². The van der Waals surface area contributed by atoms with E-state index in [0.717, 1.165) is 16.7 Å². The Morgan fingerprint density at radius 3 is 2.82 bits per heavy atom. The standard InChI is InChI=1S/C16H17N3O2S/c1-9-8-13(15(20)21-9)22-16-18-12-5-3-2-4-11(12)14(19-16)17-10-6-7-10/h2-5,9-10,13H,6-8H2,1H3,(H,17,18,19)/t9-,13+/m0/s1. The number of hydrogen-bond donors (Lipinski definition) is 1. The molecule has 0 unspecified atom stereocenters. The van der Waals surface area contributed by atoms with Crippen molar-refractivity contribution in [3.63, 3.8) is 0 Å². The van der Waals surface area contributed by atoms with Crippen molar-refractivity contribution in [3.05, 3.63) is 24.3 Å². The zero-order valence-electron chi connectivity index (χ0n) is 12.3. The molecule has 0 bridgehead atoms. The molecule has 1 aromatic carbocycles. The number of carbonyl (C=O) groups is 1. The van der Waals surface area contributed by atoms with Crippen LogP contribution in [0.3, 0.4) is 0 Å². The molecule has 1 saturated heterocycles. The molecule has 0 spiro atoms. The molecule has 2 fully saturated rings. The molecule has 2 atom stereocenters. The Labute approximate surface area is 132 Å². The Morgan fingerprint density at radius 1 is 1.27 bits per heavy atom. The number of anilines is 1. The highest BCUT2D eigenvalue weighted by atomic mass is 32.2. The van der Waals surface area contributed by atoms with Crippen molar-refractivity contribution in [3.8, 4) is 0 Å². The van der Waals surface area contributed by atoms with Gasteiger partial charge in [0.25, 0.3) is 0 Å². The topological polar surface area (TPSA) is 64.1 Å². The molecule has 1 aliphatic carbocycles. The molecule has 1 N–H and O–H groups in total. The lowest BCUT2D eigenvalue weighted by Gasteiger charge is -2.11. The predicted octanol–water partition coefficient (Wildman–Crippen LogP) is 3.00. The number of rotatable bonds is 4. The number of benzene rings is 1. The molecular weight excluding hydrogens is 298 g/mol. The van der Waals surface area contributed by atoms with Crippen LogP contribution in [0.4, 0.5) is 5.82 Å². The average molecular weight is 315 g/mol. The van der Waals surface area contributed by atoms with Crippen LogP contribution in [0.5, 0.6) is 0 Å². The maximum Gasteiger partial charge on any atom is 0.319 e. The molecule has 0 amide bonds. The summed E-state index contributed by atoms with van der Waals surface area (Å²) in [6.07, 6.45) is 3.07. The van der Waals surface area contributed by atoms with Crippen molar-refractivity contribution < 1.29 is 9.53 Å². The van der Waals surface area contributed by atoms with Gasteiger partial charge in [0.2, 0.25) is 0 Å². The maximum absolute atomic E-state index is 11.8. The fourth-order valence-corrected chi connectivity index (χ4v) is 3.65. The quantitative estimate of drug-likeness (QED) is 0.691. The first kappa shape index (κ1) is 13.8. The third-order valence-corrected chi connectivity index (χ3v) is 4.94. The minimum atomic E-state index is -0.204. The molecule has 22 heavy (non-hydrogen) atoms. The molecule has 4 rings (SSSR count). The molecular formula is C16H17N3O2S. The predicted molar refractivity (Wildman–Crippen MR) is 86.0 cm³/mol. The summed E-state index contributed by atoms with van der Waals surface area (Å²) in [7, 11) is 0. The minimum Gasteiger partial charge on any atom is -0.462 e. The molecule has 1 aromatic heterocycles. The monoisotopic (exact) mass is 315 g/mol. The first-order valence-electron chi connectivity index (χ1n) is 7.59. The Hall–Kier alpha value is -1.82. The van der Waals surface area contributed by atoms with Gasteiger partial charge in [-0.15, -0.1) is 0 Å². The van der Waals surface area contributed by atoms with Crippen LogP contribution in [0.1, 0.15) is 26.2 Å². The normalized spacial score (nSPS) is 24.5. The van der Waals surface area contributed by atoms with Crippen molar-refractivity contribution in [1.82, 2.24) is 9.97 Å². The van der Waals surface area contributed by atoms with Crippen LogP contribution in [-0.4, -0.2) is 33.3 Å². The second kappa shape index (κ2) is 5.43. The molecule has 114 valence electrons. The van der Waals surface area contributed by atoms with Crippen molar-refractivity contribution in [2.75, 3.05) is 5.32 Å². The van der Waals surface area contributed by atoms with Gasteiger partial charge in [0, 0.05) is 17.8 Å². The van der Waals surface area contributed by atoms with Crippen LogP contribution in [0.2, 0.25) is 0 Å². The largest absolute Gasteiger partial charge is 0.462 e. The zero-order chi connectivity index (χ0) is 15.1. The zero-order valence-corrected chi connectivity index (χ0v) is 13.1. The first-order valence-corrected chi connectivity index (χ1v) is 8.47. The number of aromatic nitrogens is 2. The van der Waals surface area contributed by atoms with Gasteiger partial charge in [0.05, 0.1) is 5.52 Å². The lowest BCUT2D eigenvalue weighted by Crippen LogP contribution is -2.11. The van der Waals surface area contributed by atoms with E-state index in [2.05, 4.69) is 15.3 Å². The van der Waals surface area contributed by atoms with E-state index in [0.29, 0.717) is 17.6 Å². The summed E-state index contributed by atoms with van der Waals surface area (Å²) < 4.78 is 5.21. The van der Waals surface area contributed by atoms with E-state index in [9.17, 15) is 4.79 Å². The Bertz CT molecular complexity index is 732. The van der Waals surface area contributed by atoms with Crippen molar-refractivity contribution in [2.24, 2.45) is 0 Å². The maximum atomic E-state index is 11.8. The lowest BCUT2D eigenvalue weighted by atomic mass is 10.2. The third kappa shape index (κ3) is 2.75. The van der Waals surface area contributed by atoms with Crippen LogP contribution in [0, 0.1) is 0 Å². The number of nitrogens with zero attached hydrogens (tertiary/aromatic N) is 2. The minimum absolute atomic E-state index is 0.0190. The van der Waals surface area contributed by atoms with Gasteiger partial charge in [-0.3, -0.25) is 4.79 Å². The fraction of sp³-hybridized carbons (Fsp3) is 0.438. The number of nitrogens with one attached hydrogen (secondary N) is 1. The molecule has 1 aliphatic heterocycles. The van der Waals surface area contributed by atoms with Crippen LogP contribution < -0.4 is 5.32 Å². The highest BCUT2D eigenvalue weighted by Crippen LogP contribution is 2.34. The molecule has 0 radical (unpaired) electrons. The summed E-state index contributed by atoms with van der Waals surface area (Å²) in [6.45, 7) is 1.92. The van der Waals surface area contributed by atoms with Crippen LogP contribution in [-0.2, 0) is 9.53 Å². The molecule has 2 aromatic rings. The van der Waals surface area contributed by atoms with Gasteiger partial charge in [0.1, 0.15) is 17.2 Å².